The first-order valence-corrected chi connectivity index (χ1v) is 9.12. The van der Waals surface area contributed by atoms with Crippen LogP contribution in [0.1, 0.15) is 83.1 Å². The fourth-order valence-corrected chi connectivity index (χ4v) is 2.70. The van der Waals surface area contributed by atoms with E-state index in [1.54, 1.807) is 0 Å². The van der Waals surface area contributed by atoms with E-state index in [9.17, 15) is 0 Å². The first kappa shape index (κ1) is 18.0. The van der Waals surface area contributed by atoms with Gasteiger partial charge in [-0.15, -0.1) is 0 Å². The summed E-state index contributed by atoms with van der Waals surface area (Å²) in [7, 11) is 0. The molecule has 0 amide bonds. The lowest BCUT2D eigenvalue weighted by Crippen LogP contribution is -1.82. The van der Waals surface area contributed by atoms with Crippen molar-refractivity contribution in [2.24, 2.45) is 0 Å². The third kappa shape index (κ3) is 11.3. The molecule has 0 aromatic heterocycles. The van der Waals surface area contributed by atoms with Gasteiger partial charge < -0.3 is 0 Å². The average Bonchev–Trinajstić information content (AvgIpc) is 2.53. The van der Waals surface area contributed by atoms with Crippen molar-refractivity contribution in [1.82, 2.24) is 0 Å². The number of hydrogen-bond acceptors (Lipinski definition) is 0. The van der Waals surface area contributed by atoms with Gasteiger partial charge in [0.25, 0.3) is 0 Å². The summed E-state index contributed by atoms with van der Waals surface area (Å²) in [4.78, 5) is 0. The molecule has 0 aliphatic heterocycles. The Labute approximate surface area is 132 Å². The minimum Gasteiger partial charge on any atom is -0.0882 e. The SMILES string of the molecule is CCCCCCCCCCCCC=CCc1ccccc1. The molecule has 0 nitrogen and oxygen atoms in total. The molecule has 0 saturated carbocycles. The first-order chi connectivity index (χ1) is 10.4. The largest absolute Gasteiger partial charge is 0.0882 e. The van der Waals surface area contributed by atoms with Gasteiger partial charge in [0.05, 0.1) is 0 Å². The van der Waals surface area contributed by atoms with E-state index in [1.165, 1.54) is 76.2 Å². The maximum atomic E-state index is 2.36. The van der Waals surface area contributed by atoms with Crippen molar-refractivity contribution in [2.75, 3.05) is 0 Å². The Bertz CT molecular complexity index is 336. The molecule has 0 aliphatic carbocycles. The second-order valence-corrected chi connectivity index (χ2v) is 6.13. The average molecular weight is 287 g/mol. The van der Waals surface area contributed by atoms with Crippen LogP contribution >= 0.6 is 0 Å². The molecular formula is C21H34. The molecule has 1 aromatic carbocycles. The highest BCUT2D eigenvalue weighted by Crippen LogP contribution is 2.11. The summed E-state index contributed by atoms with van der Waals surface area (Å²) in [6, 6.07) is 10.7. The lowest BCUT2D eigenvalue weighted by molar-refractivity contribution is 0.557. The van der Waals surface area contributed by atoms with Crippen molar-refractivity contribution in [3.05, 3.63) is 48.0 Å². The molecule has 0 spiro atoms. The standard InChI is InChI=1S/C21H34/c1-2-3-4-5-6-7-8-9-10-11-12-13-15-18-21-19-16-14-17-20-21/h13-17,19-20H,2-12,18H2,1H3. The predicted octanol–water partition coefficient (Wildman–Crippen LogP) is 7.10. The van der Waals surface area contributed by atoms with Crippen LogP contribution in [0.3, 0.4) is 0 Å². The second-order valence-electron chi connectivity index (χ2n) is 6.13. The number of benzene rings is 1. The van der Waals surface area contributed by atoms with Gasteiger partial charge in [0.1, 0.15) is 0 Å². The van der Waals surface area contributed by atoms with Crippen LogP contribution in [-0.4, -0.2) is 0 Å². The molecule has 0 atom stereocenters. The molecule has 0 saturated heterocycles. The monoisotopic (exact) mass is 286 g/mol. The smallest absolute Gasteiger partial charge is 0.00975 e. The zero-order valence-corrected chi connectivity index (χ0v) is 14.0. The first-order valence-electron chi connectivity index (χ1n) is 9.12. The van der Waals surface area contributed by atoms with Crippen molar-refractivity contribution >= 4 is 0 Å². The van der Waals surface area contributed by atoms with Crippen molar-refractivity contribution in [3.63, 3.8) is 0 Å². The summed E-state index contributed by atoms with van der Waals surface area (Å²) in [5.41, 5.74) is 1.41. The summed E-state index contributed by atoms with van der Waals surface area (Å²) >= 11 is 0. The maximum Gasteiger partial charge on any atom is -0.00975 e. The Kier molecular flexibility index (Phi) is 11.9. The van der Waals surface area contributed by atoms with Crippen LogP contribution in [0.25, 0.3) is 0 Å². The fourth-order valence-electron chi connectivity index (χ4n) is 2.70. The molecule has 0 heterocycles. The van der Waals surface area contributed by atoms with E-state index in [4.69, 9.17) is 0 Å². The lowest BCUT2D eigenvalue weighted by Gasteiger charge is -2.01. The zero-order valence-electron chi connectivity index (χ0n) is 14.0. The summed E-state index contributed by atoms with van der Waals surface area (Å²) in [5, 5.41) is 0. The molecule has 0 N–H and O–H groups in total. The normalized spacial score (nSPS) is 11.3. The molecule has 0 bridgehead atoms. The van der Waals surface area contributed by atoms with Gasteiger partial charge in [0, 0.05) is 0 Å². The van der Waals surface area contributed by atoms with E-state index in [1.807, 2.05) is 0 Å². The van der Waals surface area contributed by atoms with E-state index < -0.39 is 0 Å². The van der Waals surface area contributed by atoms with E-state index in [2.05, 4.69) is 49.4 Å². The van der Waals surface area contributed by atoms with Gasteiger partial charge in [-0.1, -0.05) is 107 Å². The lowest BCUT2D eigenvalue weighted by atomic mass is 10.1. The minimum absolute atomic E-state index is 1.08. The van der Waals surface area contributed by atoms with Crippen molar-refractivity contribution in [3.8, 4) is 0 Å². The Morgan fingerprint density at radius 2 is 1.24 bits per heavy atom. The van der Waals surface area contributed by atoms with Crippen LogP contribution in [-0.2, 0) is 6.42 Å². The van der Waals surface area contributed by atoms with Crippen LogP contribution in [0.15, 0.2) is 42.5 Å². The maximum absolute atomic E-state index is 2.36. The zero-order chi connectivity index (χ0) is 15.0. The third-order valence-electron chi connectivity index (χ3n) is 4.09. The van der Waals surface area contributed by atoms with Gasteiger partial charge >= 0.3 is 0 Å². The molecule has 0 unspecified atom stereocenters. The van der Waals surface area contributed by atoms with Gasteiger partial charge in [-0.3, -0.25) is 0 Å². The molecule has 118 valence electrons. The molecule has 0 radical (unpaired) electrons. The Morgan fingerprint density at radius 3 is 1.86 bits per heavy atom. The molecule has 1 aromatic rings. The Hall–Kier alpha value is -1.04. The topological polar surface area (TPSA) is 0 Å². The Balaban J connectivity index is 1.82. The van der Waals surface area contributed by atoms with Crippen molar-refractivity contribution in [1.29, 1.82) is 0 Å². The summed E-state index contributed by atoms with van der Waals surface area (Å²) in [6.07, 6.45) is 21.3. The molecule has 21 heavy (non-hydrogen) atoms. The van der Waals surface area contributed by atoms with Crippen LogP contribution in [0, 0.1) is 0 Å². The van der Waals surface area contributed by atoms with Gasteiger partial charge in [-0.05, 0) is 24.8 Å². The van der Waals surface area contributed by atoms with E-state index in [-0.39, 0.29) is 0 Å². The van der Waals surface area contributed by atoms with Crippen LogP contribution in [0.4, 0.5) is 0 Å². The number of allylic oxidation sites excluding steroid dienone is 2. The van der Waals surface area contributed by atoms with E-state index >= 15 is 0 Å². The van der Waals surface area contributed by atoms with Crippen molar-refractivity contribution < 1.29 is 0 Å². The van der Waals surface area contributed by atoms with Gasteiger partial charge in [-0.2, -0.15) is 0 Å². The number of unbranched alkanes of at least 4 members (excludes halogenated alkanes) is 10. The summed E-state index contributed by atoms with van der Waals surface area (Å²) in [5.74, 6) is 0. The Morgan fingerprint density at radius 1 is 0.667 bits per heavy atom. The molecular weight excluding hydrogens is 252 g/mol. The van der Waals surface area contributed by atoms with E-state index in [0.717, 1.165) is 6.42 Å². The van der Waals surface area contributed by atoms with Gasteiger partial charge in [-0.25, -0.2) is 0 Å². The fraction of sp³-hybridized carbons (Fsp3) is 0.619. The van der Waals surface area contributed by atoms with E-state index in [0.29, 0.717) is 0 Å². The molecule has 0 fully saturated rings. The van der Waals surface area contributed by atoms with Crippen LogP contribution < -0.4 is 0 Å². The highest BCUT2D eigenvalue weighted by atomic mass is 14.0. The minimum atomic E-state index is 1.08. The van der Waals surface area contributed by atoms with Gasteiger partial charge in [0.15, 0.2) is 0 Å². The van der Waals surface area contributed by atoms with Crippen LogP contribution in [0.5, 0.6) is 0 Å². The number of rotatable bonds is 13. The van der Waals surface area contributed by atoms with Crippen LogP contribution in [0.2, 0.25) is 0 Å². The number of hydrogen-bond donors (Lipinski definition) is 0. The molecule has 0 aliphatic rings. The highest BCUT2D eigenvalue weighted by Gasteiger charge is 1.92. The molecule has 0 heteroatoms. The third-order valence-corrected chi connectivity index (χ3v) is 4.09. The molecule has 1 rings (SSSR count). The quantitative estimate of drug-likeness (QED) is 0.268. The summed E-state index contributed by atoms with van der Waals surface area (Å²) < 4.78 is 0. The predicted molar refractivity (Wildman–Crippen MR) is 95.7 cm³/mol. The summed E-state index contributed by atoms with van der Waals surface area (Å²) in [6.45, 7) is 2.29. The highest BCUT2D eigenvalue weighted by molar-refractivity contribution is 5.17. The van der Waals surface area contributed by atoms with Gasteiger partial charge in [0.2, 0.25) is 0 Å². The van der Waals surface area contributed by atoms with Crippen molar-refractivity contribution in [2.45, 2.75) is 84.0 Å². The second kappa shape index (κ2) is 13.9.